The second-order valence-corrected chi connectivity index (χ2v) is 5.34. The second kappa shape index (κ2) is 6.03. The summed E-state index contributed by atoms with van der Waals surface area (Å²) in [4.78, 5) is 11.9. The van der Waals surface area contributed by atoms with Crippen molar-refractivity contribution in [2.24, 2.45) is 11.8 Å². The molecule has 1 N–H and O–H groups in total. The fourth-order valence-corrected chi connectivity index (χ4v) is 2.50. The number of nitrogens with one attached hydrogen (secondary N) is 1. The van der Waals surface area contributed by atoms with Crippen LogP contribution in [0.1, 0.15) is 27.2 Å². The highest BCUT2D eigenvalue weighted by molar-refractivity contribution is 14.1. The fraction of sp³-hybridized carbons (Fsp3) is 0.909. The number of carbonyl (C=O) groups excluding carboxylic acids is 1. The third-order valence-electron chi connectivity index (χ3n) is 3.15. The average molecular weight is 325 g/mol. The maximum absolute atomic E-state index is 11.9. The van der Waals surface area contributed by atoms with Gasteiger partial charge in [0.25, 0.3) is 0 Å². The molecule has 1 rings (SSSR count). The summed E-state index contributed by atoms with van der Waals surface area (Å²) < 4.78 is 6.74. The van der Waals surface area contributed by atoms with Crippen LogP contribution in [0.25, 0.3) is 0 Å². The van der Waals surface area contributed by atoms with Gasteiger partial charge in [-0.15, -0.1) is 0 Å². The number of carbonyl (C=O) groups is 1. The zero-order chi connectivity index (χ0) is 11.4. The maximum Gasteiger partial charge on any atom is 0.226 e. The minimum atomic E-state index is 0.0224. The SMILES string of the molecule is CC1OC(C)C(C(=O)NCCCI)C1C. The van der Waals surface area contributed by atoms with E-state index in [2.05, 4.69) is 34.8 Å². The second-order valence-electron chi connectivity index (χ2n) is 4.26. The summed E-state index contributed by atoms with van der Waals surface area (Å²) in [5.41, 5.74) is 0. The molecule has 1 fully saturated rings. The number of amides is 1. The van der Waals surface area contributed by atoms with E-state index in [1.807, 2.05) is 13.8 Å². The summed E-state index contributed by atoms with van der Waals surface area (Å²) in [5.74, 6) is 0.498. The zero-order valence-electron chi connectivity index (χ0n) is 9.63. The molecule has 1 amide bonds. The molecular weight excluding hydrogens is 305 g/mol. The van der Waals surface area contributed by atoms with Crippen molar-refractivity contribution >= 4 is 28.5 Å². The molecule has 1 aliphatic heterocycles. The van der Waals surface area contributed by atoms with E-state index in [9.17, 15) is 4.79 Å². The summed E-state index contributed by atoms with van der Waals surface area (Å²) in [6.45, 7) is 6.91. The molecular formula is C11H20INO2. The molecule has 88 valence electrons. The van der Waals surface area contributed by atoms with Gasteiger partial charge in [-0.05, 0) is 26.2 Å². The molecule has 0 spiro atoms. The van der Waals surface area contributed by atoms with E-state index < -0.39 is 0 Å². The van der Waals surface area contributed by atoms with Crippen LogP contribution in [0.5, 0.6) is 0 Å². The van der Waals surface area contributed by atoms with E-state index in [1.165, 1.54) is 0 Å². The molecule has 3 nitrogen and oxygen atoms in total. The van der Waals surface area contributed by atoms with Crippen LogP contribution in [0.3, 0.4) is 0 Å². The minimum Gasteiger partial charge on any atom is -0.374 e. The summed E-state index contributed by atoms with van der Waals surface area (Å²) >= 11 is 2.32. The van der Waals surface area contributed by atoms with Gasteiger partial charge in [-0.3, -0.25) is 4.79 Å². The monoisotopic (exact) mass is 325 g/mol. The van der Waals surface area contributed by atoms with Crippen LogP contribution in [0, 0.1) is 11.8 Å². The van der Waals surface area contributed by atoms with Crippen molar-refractivity contribution in [2.45, 2.75) is 39.4 Å². The van der Waals surface area contributed by atoms with Crippen molar-refractivity contribution in [2.75, 3.05) is 11.0 Å². The first-order valence-corrected chi connectivity index (χ1v) is 7.09. The highest BCUT2D eigenvalue weighted by atomic mass is 127. The van der Waals surface area contributed by atoms with Gasteiger partial charge in [0.15, 0.2) is 0 Å². The number of ether oxygens (including phenoxy) is 1. The van der Waals surface area contributed by atoms with Gasteiger partial charge in [-0.1, -0.05) is 29.5 Å². The first-order chi connectivity index (χ1) is 7.07. The fourth-order valence-electron chi connectivity index (χ4n) is 2.11. The topological polar surface area (TPSA) is 38.3 Å². The van der Waals surface area contributed by atoms with Crippen LogP contribution in [0.4, 0.5) is 0 Å². The number of halogens is 1. The lowest BCUT2D eigenvalue weighted by Gasteiger charge is -2.17. The average Bonchev–Trinajstić information content (AvgIpc) is 2.41. The summed E-state index contributed by atoms with van der Waals surface area (Å²) in [7, 11) is 0. The molecule has 0 bridgehead atoms. The Hall–Kier alpha value is 0.160. The van der Waals surface area contributed by atoms with E-state index in [1.54, 1.807) is 0 Å². The van der Waals surface area contributed by atoms with Gasteiger partial charge in [-0.2, -0.15) is 0 Å². The molecule has 0 aromatic heterocycles. The highest BCUT2D eigenvalue weighted by Crippen LogP contribution is 2.32. The number of rotatable bonds is 4. The van der Waals surface area contributed by atoms with Gasteiger partial charge < -0.3 is 10.1 Å². The summed E-state index contributed by atoms with van der Waals surface area (Å²) in [6, 6.07) is 0. The lowest BCUT2D eigenvalue weighted by atomic mass is 9.89. The summed E-state index contributed by atoms with van der Waals surface area (Å²) in [5, 5.41) is 2.98. The maximum atomic E-state index is 11.9. The van der Waals surface area contributed by atoms with Crippen molar-refractivity contribution in [1.29, 1.82) is 0 Å². The van der Waals surface area contributed by atoms with Gasteiger partial charge in [0, 0.05) is 11.0 Å². The standard InChI is InChI=1S/C11H20INO2/c1-7-8(2)15-9(3)10(7)11(14)13-6-4-5-12/h7-10H,4-6H2,1-3H3,(H,13,14). The highest BCUT2D eigenvalue weighted by Gasteiger charge is 2.41. The quantitative estimate of drug-likeness (QED) is 0.488. The van der Waals surface area contributed by atoms with Crippen LogP contribution in [0.15, 0.2) is 0 Å². The van der Waals surface area contributed by atoms with E-state index in [0.717, 1.165) is 17.4 Å². The van der Waals surface area contributed by atoms with Gasteiger partial charge >= 0.3 is 0 Å². The predicted molar refractivity (Wildman–Crippen MR) is 69.2 cm³/mol. The smallest absolute Gasteiger partial charge is 0.226 e. The molecule has 1 heterocycles. The number of hydrogen-bond acceptors (Lipinski definition) is 2. The van der Waals surface area contributed by atoms with Crippen molar-refractivity contribution < 1.29 is 9.53 Å². The van der Waals surface area contributed by atoms with Crippen molar-refractivity contribution in [3.8, 4) is 0 Å². The Morgan fingerprint density at radius 1 is 1.33 bits per heavy atom. The lowest BCUT2D eigenvalue weighted by molar-refractivity contribution is -0.127. The van der Waals surface area contributed by atoms with Crippen LogP contribution < -0.4 is 5.32 Å². The third-order valence-corrected chi connectivity index (χ3v) is 3.92. The lowest BCUT2D eigenvalue weighted by Crippen LogP contribution is -2.37. The number of hydrogen-bond donors (Lipinski definition) is 1. The Kier molecular flexibility index (Phi) is 5.32. The van der Waals surface area contributed by atoms with E-state index in [0.29, 0.717) is 5.92 Å². The Bertz CT molecular complexity index is 223. The molecule has 1 aliphatic rings. The van der Waals surface area contributed by atoms with Gasteiger partial charge in [0.2, 0.25) is 5.91 Å². The Morgan fingerprint density at radius 3 is 2.47 bits per heavy atom. The van der Waals surface area contributed by atoms with Crippen LogP contribution in [-0.4, -0.2) is 29.1 Å². The van der Waals surface area contributed by atoms with Gasteiger partial charge in [0.1, 0.15) is 0 Å². The molecule has 4 heteroatoms. The van der Waals surface area contributed by atoms with Crippen molar-refractivity contribution in [3.63, 3.8) is 0 Å². The molecule has 0 aliphatic carbocycles. The third kappa shape index (κ3) is 3.31. The molecule has 4 atom stereocenters. The van der Waals surface area contributed by atoms with Gasteiger partial charge in [-0.25, -0.2) is 0 Å². The van der Waals surface area contributed by atoms with Crippen LogP contribution >= 0.6 is 22.6 Å². The Morgan fingerprint density at radius 2 is 2.00 bits per heavy atom. The molecule has 4 unspecified atom stereocenters. The molecule has 0 radical (unpaired) electrons. The first-order valence-electron chi connectivity index (χ1n) is 5.57. The summed E-state index contributed by atoms with van der Waals surface area (Å²) in [6.07, 6.45) is 1.29. The van der Waals surface area contributed by atoms with E-state index >= 15 is 0 Å². The van der Waals surface area contributed by atoms with E-state index in [-0.39, 0.29) is 24.0 Å². The molecule has 0 aromatic carbocycles. The zero-order valence-corrected chi connectivity index (χ0v) is 11.8. The van der Waals surface area contributed by atoms with E-state index in [4.69, 9.17) is 4.74 Å². The first kappa shape index (κ1) is 13.2. The minimum absolute atomic E-state index is 0.0224. The number of alkyl halides is 1. The Labute approximate surface area is 105 Å². The van der Waals surface area contributed by atoms with Crippen LogP contribution in [-0.2, 0) is 9.53 Å². The van der Waals surface area contributed by atoms with Crippen molar-refractivity contribution in [3.05, 3.63) is 0 Å². The molecule has 1 saturated heterocycles. The Balaban J connectivity index is 2.44. The van der Waals surface area contributed by atoms with Crippen LogP contribution in [0.2, 0.25) is 0 Å². The van der Waals surface area contributed by atoms with Crippen molar-refractivity contribution in [1.82, 2.24) is 5.32 Å². The molecule has 0 saturated carbocycles. The molecule has 0 aromatic rings. The predicted octanol–water partition coefficient (Wildman–Crippen LogP) is 1.99. The molecule has 15 heavy (non-hydrogen) atoms. The largest absolute Gasteiger partial charge is 0.374 e. The normalized spacial score (nSPS) is 35.5. The van der Waals surface area contributed by atoms with Gasteiger partial charge in [0.05, 0.1) is 18.1 Å².